The minimum atomic E-state index is 0.274. The summed E-state index contributed by atoms with van der Waals surface area (Å²) in [5, 5.41) is 17.3. The van der Waals surface area contributed by atoms with E-state index in [9.17, 15) is 4.79 Å². The van der Waals surface area contributed by atoms with E-state index < -0.39 is 0 Å². The van der Waals surface area contributed by atoms with Crippen molar-refractivity contribution in [1.82, 2.24) is 25.2 Å². The number of nitrogens with zero attached hydrogens (tertiary/aromatic N) is 5. The molecule has 0 fully saturated rings. The van der Waals surface area contributed by atoms with Gasteiger partial charge >= 0.3 is 0 Å². The first-order chi connectivity index (χ1) is 10.7. The van der Waals surface area contributed by atoms with Gasteiger partial charge in [0.05, 0.1) is 0 Å². The second kappa shape index (κ2) is 5.98. The molecule has 0 aliphatic carbocycles. The van der Waals surface area contributed by atoms with Gasteiger partial charge in [-0.15, -0.1) is 15.3 Å². The van der Waals surface area contributed by atoms with E-state index in [1.165, 1.54) is 21.6 Å². The Morgan fingerprint density at radius 2 is 1.82 bits per heavy atom. The average molecular weight is 311 g/mol. The summed E-state index contributed by atoms with van der Waals surface area (Å²) in [6.45, 7) is 3.90. The summed E-state index contributed by atoms with van der Waals surface area (Å²) in [5.41, 5.74) is 3.09. The van der Waals surface area contributed by atoms with Crippen LogP contribution in [-0.4, -0.2) is 31.5 Å². The van der Waals surface area contributed by atoms with Gasteiger partial charge in [0.25, 0.3) is 0 Å². The number of carbonyl (C=O) groups excluding carboxylic acids is 1. The van der Waals surface area contributed by atoms with E-state index in [0.29, 0.717) is 17.1 Å². The van der Waals surface area contributed by atoms with Gasteiger partial charge in [-0.25, -0.2) is 0 Å². The Labute approximate surface area is 131 Å². The first-order valence-electron chi connectivity index (χ1n) is 6.63. The molecule has 2 aromatic heterocycles. The number of aromatic nitrogens is 5. The van der Waals surface area contributed by atoms with Crippen molar-refractivity contribution in [2.24, 2.45) is 0 Å². The monoisotopic (exact) mass is 311 g/mol. The van der Waals surface area contributed by atoms with Crippen molar-refractivity contribution in [3.63, 3.8) is 0 Å². The molecular weight excluding hydrogens is 298 g/mol. The van der Waals surface area contributed by atoms with Crippen molar-refractivity contribution in [2.45, 2.75) is 13.8 Å². The van der Waals surface area contributed by atoms with Crippen LogP contribution >= 0.6 is 11.3 Å². The van der Waals surface area contributed by atoms with Gasteiger partial charge < -0.3 is 0 Å². The van der Waals surface area contributed by atoms with Crippen LogP contribution in [0.15, 0.2) is 24.3 Å². The van der Waals surface area contributed by atoms with Gasteiger partial charge in [-0.3, -0.25) is 4.79 Å². The highest BCUT2D eigenvalue weighted by molar-refractivity contribution is 7.13. The molecule has 0 radical (unpaired) electrons. The summed E-state index contributed by atoms with van der Waals surface area (Å²) in [4.78, 5) is 11.2. The zero-order chi connectivity index (χ0) is 15.5. The molecule has 0 saturated carbocycles. The molecule has 0 aliphatic rings. The first-order valence-corrected chi connectivity index (χ1v) is 7.45. The Morgan fingerprint density at radius 3 is 2.45 bits per heavy atom. The van der Waals surface area contributed by atoms with Gasteiger partial charge in [0.2, 0.25) is 5.13 Å². The van der Waals surface area contributed by atoms with Crippen molar-refractivity contribution >= 4 is 29.8 Å². The maximum absolute atomic E-state index is 11.2. The van der Waals surface area contributed by atoms with E-state index in [4.69, 9.17) is 0 Å². The average Bonchev–Trinajstić information content (AvgIpc) is 3.12. The number of aldehydes is 1. The zero-order valence-corrected chi connectivity index (χ0v) is 12.9. The summed E-state index contributed by atoms with van der Waals surface area (Å²) in [6, 6.07) is 8.08. The number of benzene rings is 1. The van der Waals surface area contributed by atoms with E-state index in [0.717, 1.165) is 10.6 Å². The molecule has 0 aliphatic heterocycles. The van der Waals surface area contributed by atoms with Crippen LogP contribution in [0.1, 0.15) is 32.3 Å². The van der Waals surface area contributed by atoms with Gasteiger partial charge in [0, 0.05) is 0 Å². The summed E-state index contributed by atoms with van der Waals surface area (Å²) in [5.74, 6) is 0. The number of hydrogen-bond donors (Lipinski definition) is 0. The maximum atomic E-state index is 11.2. The van der Waals surface area contributed by atoms with Crippen LogP contribution in [0.25, 0.3) is 17.3 Å². The lowest BCUT2D eigenvalue weighted by molar-refractivity contribution is 0.111. The quantitative estimate of drug-likeness (QED) is 0.693. The summed E-state index contributed by atoms with van der Waals surface area (Å²) < 4.78 is 1.53. The molecule has 7 heteroatoms. The highest BCUT2D eigenvalue weighted by Gasteiger charge is 2.14. The molecule has 0 amide bonds. The maximum Gasteiger partial charge on any atom is 0.234 e. The standard InChI is InChI=1S/C15H13N5OS/c1-10-3-5-12(6-4-10)7-8-14-13(9-21)17-19-20(14)15-18-16-11(2)22-15/h3-9H,1-2H3/b8-7+. The first kappa shape index (κ1) is 14.3. The summed E-state index contributed by atoms with van der Waals surface area (Å²) in [7, 11) is 0. The van der Waals surface area contributed by atoms with Gasteiger partial charge in [-0.05, 0) is 25.5 Å². The fourth-order valence-corrected chi connectivity index (χ4v) is 2.56. The minimum Gasteiger partial charge on any atom is -0.296 e. The lowest BCUT2D eigenvalue weighted by Crippen LogP contribution is -1.99. The smallest absolute Gasteiger partial charge is 0.234 e. The summed E-state index contributed by atoms with van der Waals surface area (Å²) in [6.07, 6.45) is 4.41. The van der Waals surface area contributed by atoms with Gasteiger partial charge in [0.15, 0.2) is 12.0 Å². The Kier molecular flexibility index (Phi) is 3.88. The molecule has 22 heavy (non-hydrogen) atoms. The third-order valence-corrected chi connectivity index (χ3v) is 3.87. The zero-order valence-electron chi connectivity index (χ0n) is 12.1. The van der Waals surface area contributed by atoms with Crippen LogP contribution in [0.4, 0.5) is 0 Å². The van der Waals surface area contributed by atoms with Crippen molar-refractivity contribution in [3.8, 4) is 5.13 Å². The lowest BCUT2D eigenvalue weighted by Gasteiger charge is -1.98. The van der Waals surface area contributed by atoms with E-state index >= 15 is 0 Å². The topological polar surface area (TPSA) is 73.6 Å². The minimum absolute atomic E-state index is 0.274. The third kappa shape index (κ3) is 2.84. The van der Waals surface area contributed by atoms with E-state index in [1.54, 1.807) is 0 Å². The third-order valence-electron chi connectivity index (χ3n) is 3.05. The van der Waals surface area contributed by atoms with Crippen LogP contribution in [0.3, 0.4) is 0 Å². The van der Waals surface area contributed by atoms with E-state index in [1.807, 2.05) is 50.3 Å². The highest BCUT2D eigenvalue weighted by Crippen LogP contribution is 2.18. The highest BCUT2D eigenvalue weighted by atomic mass is 32.1. The fraction of sp³-hybridized carbons (Fsp3) is 0.133. The number of rotatable bonds is 4. The van der Waals surface area contributed by atoms with Gasteiger partial charge in [0.1, 0.15) is 10.7 Å². The van der Waals surface area contributed by atoms with Crippen LogP contribution < -0.4 is 0 Å². The molecule has 3 rings (SSSR count). The molecule has 0 N–H and O–H groups in total. The Bertz CT molecular complexity index is 832. The van der Waals surface area contributed by atoms with Crippen LogP contribution in [0, 0.1) is 13.8 Å². The molecule has 3 aromatic rings. The molecule has 110 valence electrons. The van der Waals surface area contributed by atoms with Crippen LogP contribution in [0.5, 0.6) is 0 Å². The molecule has 6 nitrogen and oxygen atoms in total. The molecule has 1 aromatic carbocycles. The summed E-state index contributed by atoms with van der Waals surface area (Å²) >= 11 is 1.39. The lowest BCUT2D eigenvalue weighted by atomic mass is 10.1. The SMILES string of the molecule is Cc1ccc(/C=C/c2c(C=O)nnn2-c2nnc(C)s2)cc1. The second-order valence-corrected chi connectivity index (χ2v) is 5.90. The van der Waals surface area contributed by atoms with Gasteiger partial charge in [-0.2, -0.15) is 4.68 Å². The van der Waals surface area contributed by atoms with Crippen molar-refractivity contribution in [3.05, 3.63) is 51.8 Å². The Hall–Kier alpha value is -2.67. The molecule has 0 unspecified atom stereocenters. The molecular formula is C15H13N5OS. The van der Waals surface area contributed by atoms with Gasteiger partial charge in [-0.1, -0.05) is 52.5 Å². The van der Waals surface area contributed by atoms with Crippen molar-refractivity contribution in [1.29, 1.82) is 0 Å². The number of carbonyl (C=O) groups is 1. The molecule has 2 heterocycles. The Morgan fingerprint density at radius 1 is 1.05 bits per heavy atom. The Balaban J connectivity index is 2.00. The van der Waals surface area contributed by atoms with Crippen LogP contribution in [-0.2, 0) is 0 Å². The van der Waals surface area contributed by atoms with Crippen LogP contribution in [0.2, 0.25) is 0 Å². The molecule has 0 saturated heterocycles. The molecule has 0 atom stereocenters. The second-order valence-electron chi connectivity index (χ2n) is 4.74. The van der Waals surface area contributed by atoms with E-state index in [2.05, 4.69) is 20.5 Å². The normalized spacial score (nSPS) is 11.2. The predicted octanol–water partition coefficient (Wildman–Crippen LogP) is 2.72. The van der Waals surface area contributed by atoms with E-state index in [-0.39, 0.29) is 5.69 Å². The van der Waals surface area contributed by atoms with Crippen molar-refractivity contribution in [2.75, 3.05) is 0 Å². The largest absolute Gasteiger partial charge is 0.296 e. The van der Waals surface area contributed by atoms with Crippen molar-refractivity contribution < 1.29 is 4.79 Å². The fourth-order valence-electron chi connectivity index (χ4n) is 1.91. The predicted molar refractivity (Wildman–Crippen MR) is 85.1 cm³/mol. The number of aryl methyl sites for hydroxylation is 2. The molecule has 0 spiro atoms. The molecule has 0 bridgehead atoms. The number of hydrogen-bond acceptors (Lipinski definition) is 6.